The van der Waals surface area contributed by atoms with Gasteiger partial charge in [-0.15, -0.1) is 23.2 Å². The van der Waals surface area contributed by atoms with E-state index in [1.54, 1.807) is 11.0 Å². The Morgan fingerprint density at radius 2 is 2.06 bits per heavy atom. The summed E-state index contributed by atoms with van der Waals surface area (Å²) in [6.07, 6.45) is 2.97. The Bertz CT molecular complexity index is 323. The molecular weight excluding hydrogens is 249 g/mol. The van der Waals surface area contributed by atoms with Crippen molar-refractivity contribution in [2.24, 2.45) is 5.41 Å². The van der Waals surface area contributed by atoms with Crippen LogP contribution >= 0.6 is 23.2 Å². The van der Waals surface area contributed by atoms with Crippen molar-refractivity contribution in [3.05, 3.63) is 12.7 Å². The van der Waals surface area contributed by atoms with Crippen LogP contribution in [0.5, 0.6) is 0 Å². The second-order valence-electron chi connectivity index (χ2n) is 4.89. The second-order valence-corrected chi connectivity index (χ2v) is 5.72. The predicted octanol–water partition coefficient (Wildman–Crippen LogP) is 1.90. The lowest BCUT2D eigenvalue weighted by Gasteiger charge is -2.42. The third-order valence-electron chi connectivity index (χ3n) is 2.82. The largest absolute Gasteiger partial charge is 0.386 e. The molecule has 0 saturated carbocycles. The molecule has 0 aliphatic rings. The topological polar surface area (TPSA) is 50.9 Å². The van der Waals surface area contributed by atoms with E-state index in [1.165, 1.54) is 6.33 Å². The van der Waals surface area contributed by atoms with Gasteiger partial charge in [-0.05, 0) is 5.41 Å². The van der Waals surface area contributed by atoms with Crippen molar-refractivity contribution in [2.45, 2.75) is 38.3 Å². The minimum atomic E-state index is -1.13. The highest BCUT2D eigenvalue weighted by molar-refractivity contribution is 6.28. The minimum Gasteiger partial charge on any atom is -0.386 e. The lowest BCUT2D eigenvalue weighted by Crippen LogP contribution is -2.54. The molecule has 0 aliphatic heterocycles. The quantitative estimate of drug-likeness (QED) is 0.847. The van der Waals surface area contributed by atoms with E-state index in [4.69, 9.17) is 23.2 Å². The van der Waals surface area contributed by atoms with Gasteiger partial charge < -0.3 is 5.11 Å². The van der Waals surface area contributed by atoms with E-state index in [1.807, 2.05) is 20.8 Å². The van der Waals surface area contributed by atoms with Crippen LogP contribution in [0.4, 0.5) is 0 Å². The van der Waals surface area contributed by atoms with Crippen LogP contribution in [0.2, 0.25) is 0 Å². The van der Waals surface area contributed by atoms with Gasteiger partial charge in [0.2, 0.25) is 0 Å². The van der Waals surface area contributed by atoms with Crippen LogP contribution in [0.3, 0.4) is 0 Å². The van der Waals surface area contributed by atoms with E-state index < -0.39 is 16.4 Å². The van der Waals surface area contributed by atoms with Crippen molar-refractivity contribution >= 4 is 23.2 Å². The molecule has 0 bridgehead atoms. The van der Waals surface area contributed by atoms with E-state index in [9.17, 15) is 5.11 Å². The van der Waals surface area contributed by atoms with Crippen molar-refractivity contribution in [2.75, 3.05) is 5.88 Å². The fourth-order valence-corrected chi connectivity index (χ4v) is 2.15. The van der Waals surface area contributed by atoms with Gasteiger partial charge in [0.25, 0.3) is 0 Å². The highest BCUT2D eigenvalue weighted by Gasteiger charge is 2.46. The lowest BCUT2D eigenvalue weighted by atomic mass is 9.74. The van der Waals surface area contributed by atoms with E-state index >= 15 is 0 Å². The van der Waals surface area contributed by atoms with Gasteiger partial charge in [0.1, 0.15) is 18.3 Å². The van der Waals surface area contributed by atoms with Crippen LogP contribution in [-0.4, -0.2) is 36.7 Å². The van der Waals surface area contributed by atoms with Crippen LogP contribution in [0, 0.1) is 5.41 Å². The molecular formula is C10H17Cl2N3O. The average Bonchev–Trinajstić information content (AvgIpc) is 2.67. The van der Waals surface area contributed by atoms with E-state index in [0.717, 1.165) is 0 Å². The Balaban J connectivity index is 2.96. The van der Waals surface area contributed by atoms with E-state index in [-0.39, 0.29) is 12.4 Å². The maximum Gasteiger partial charge on any atom is 0.137 e. The maximum absolute atomic E-state index is 10.7. The summed E-state index contributed by atoms with van der Waals surface area (Å²) in [6.45, 7) is 6.04. The van der Waals surface area contributed by atoms with Crippen LogP contribution in [-0.2, 0) is 6.54 Å². The first-order chi connectivity index (χ1) is 7.31. The molecule has 0 spiro atoms. The molecule has 0 aliphatic carbocycles. The van der Waals surface area contributed by atoms with Gasteiger partial charge in [-0.2, -0.15) is 5.10 Å². The summed E-state index contributed by atoms with van der Waals surface area (Å²) < 4.78 is 1.56. The third kappa shape index (κ3) is 2.67. The molecule has 16 heavy (non-hydrogen) atoms. The molecule has 6 heteroatoms. The predicted molar refractivity (Wildman–Crippen MR) is 64.8 cm³/mol. The average molecular weight is 266 g/mol. The molecule has 4 nitrogen and oxygen atoms in total. The molecule has 0 amide bonds. The molecule has 0 fully saturated rings. The second kappa shape index (κ2) is 4.90. The summed E-state index contributed by atoms with van der Waals surface area (Å²) in [4.78, 5) is 3.84. The molecule has 92 valence electrons. The number of alkyl halides is 2. The molecule has 1 N–H and O–H groups in total. The summed E-state index contributed by atoms with van der Waals surface area (Å²) in [5.74, 6) is 0.185. The van der Waals surface area contributed by atoms with Gasteiger partial charge in [-0.3, -0.25) is 0 Å². The van der Waals surface area contributed by atoms with Gasteiger partial charge in [-0.1, -0.05) is 20.8 Å². The fourth-order valence-electron chi connectivity index (χ4n) is 1.50. The number of aromatic nitrogens is 3. The van der Waals surface area contributed by atoms with Crippen molar-refractivity contribution in [3.8, 4) is 0 Å². The van der Waals surface area contributed by atoms with Crippen LogP contribution in [0.15, 0.2) is 12.7 Å². The maximum atomic E-state index is 10.7. The van der Waals surface area contributed by atoms with Crippen molar-refractivity contribution < 1.29 is 5.11 Å². The Hall–Kier alpha value is -0.320. The summed E-state index contributed by atoms with van der Waals surface area (Å²) >= 11 is 11.9. The number of rotatable bonds is 4. The highest BCUT2D eigenvalue weighted by atomic mass is 35.5. The molecule has 1 aromatic heterocycles. The minimum absolute atomic E-state index is 0.185. The molecule has 0 aromatic carbocycles. The van der Waals surface area contributed by atoms with Crippen LogP contribution in [0.25, 0.3) is 0 Å². The summed E-state index contributed by atoms with van der Waals surface area (Å²) in [5.41, 5.74) is -1.54. The number of nitrogens with zero attached hydrogens (tertiary/aromatic N) is 3. The smallest absolute Gasteiger partial charge is 0.137 e. The van der Waals surface area contributed by atoms with Crippen molar-refractivity contribution in [1.82, 2.24) is 14.8 Å². The number of aliphatic hydroxyl groups is 1. The van der Waals surface area contributed by atoms with Gasteiger partial charge >= 0.3 is 0 Å². The fraction of sp³-hybridized carbons (Fsp3) is 0.800. The third-order valence-corrected chi connectivity index (χ3v) is 3.80. The number of hydrogen-bond donors (Lipinski definition) is 1. The first-order valence-electron chi connectivity index (χ1n) is 5.06. The van der Waals surface area contributed by atoms with Gasteiger partial charge in [-0.25, -0.2) is 9.67 Å². The molecule has 1 rings (SSSR count). The first-order valence-corrected chi connectivity index (χ1v) is 6.03. The molecule has 1 aromatic rings. The summed E-state index contributed by atoms with van der Waals surface area (Å²) in [5, 5.41) is 14.1. The SMILES string of the molecule is CC(C)(C)C(O)(Cn1cncn1)C(Cl)CCl. The zero-order chi connectivity index (χ0) is 12.4. The zero-order valence-electron chi connectivity index (χ0n) is 9.69. The standard InChI is InChI=1S/C10H17Cl2N3O/c1-9(2,3)10(16,8(12)4-11)5-15-7-13-6-14-15/h6-8,16H,4-5H2,1-3H3. The van der Waals surface area contributed by atoms with Crippen molar-refractivity contribution in [1.29, 1.82) is 0 Å². The van der Waals surface area contributed by atoms with Crippen LogP contribution in [0.1, 0.15) is 20.8 Å². The Morgan fingerprint density at radius 3 is 2.44 bits per heavy atom. The number of halogens is 2. The van der Waals surface area contributed by atoms with E-state index in [2.05, 4.69) is 10.1 Å². The van der Waals surface area contributed by atoms with Gasteiger partial charge in [0.05, 0.1) is 11.9 Å². The van der Waals surface area contributed by atoms with Crippen molar-refractivity contribution in [3.63, 3.8) is 0 Å². The molecule has 0 saturated heterocycles. The van der Waals surface area contributed by atoms with Gasteiger partial charge in [0.15, 0.2) is 0 Å². The summed E-state index contributed by atoms with van der Waals surface area (Å²) in [6, 6.07) is 0. The normalized spacial score (nSPS) is 18.1. The molecule has 2 atom stereocenters. The lowest BCUT2D eigenvalue weighted by molar-refractivity contribution is -0.0723. The Kier molecular flexibility index (Phi) is 4.21. The monoisotopic (exact) mass is 265 g/mol. The number of hydrogen-bond acceptors (Lipinski definition) is 3. The highest BCUT2D eigenvalue weighted by Crippen LogP contribution is 2.37. The summed E-state index contributed by atoms with van der Waals surface area (Å²) in [7, 11) is 0. The Morgan fingerprint density at radius 1 is 1.44 bits per heavy atom. The molecule has 0 radical (unpaired) electrons. The molecule has 1 heterocycles. The zero-order valence-corrected chi connectivity index (χ0v) is 11.2. The van der Waals surface area contributed by atoms with Gasteiger partial charge in [0, 0.05) is 5.88 Å². The Labute approximate surface area is 106 Å². The molecule has 2 unspecified atom stereocenters. The van der Waals surface area contributed by atoms with Crippen LogP contribution < -0.4 is 0 Å². The first kappa shape index (κ1) is 13.7. The van der Waals surface area contributed by atoms with E-state index in [0.29, 0.717) is 0 Å².